The van der Waals surface area contributed by atoms with Crippen LogP contribution in [0.1, 0.15) is 32.1 Å². The SMILES string of the molecule is NCCCSC1CCOC2(CCOCC2)C1. The van der Waals surface area contributed by atoms with E-state index >= 15 is 0 Å². The van der Waals surface area contributed by atoms with Gasteiger partial charge in [0.05, 0.1) is 5.60 Å². The molecule has 1 atom stereocenters. The van der Waals surface area contributed by atoms with Crippen LogP contribution in [-0.2, 0) is 9.47 Å². The molecular weight excluding hydrogens is 222 g/mol. The van der Waals surface area contributed by atoms with Gasteiger partial charge in [-0.05, 0) is 44.4 Å². The highest BCUT2D eigenvalue weighted by atomic mass is 32.2. The van der Waals surface area contributed by atoms with Gasteiger partial charge < -0.3 is 15.2 Å². The average Bonchev–Trinajstić information content (AvgIpc) is 2.31. The van der Waals surface area contributed by atoms with E-state index in [2.05, 4.69) is 11.8 Å². The van der Waals surface area contributed by atoms with Crippen LogP contribution in [0.3, 0.4) is 0 Å². The van der Waals surface area contributed by atoms with Crippen LogP contribution in [0.4, 0.5) is 0 Å². The number of rotatable bonds is 4. The quantitative estimate of drug-likeness (QED) is 0.767. The fraction of sp³-hybridized carbons (Fsp3) is 1.00. The molecule has 3 nitrogen and oxygen atoms in total. The largest absolute Gasteiger partial charge is 0.381 e. The van der Waals surface area contributed by atoms with Crippen molar-refractivity contribution in [3.05, 3.63) is 0 Å². The van der Waals surface area contributed by atoms with Crippen molar-refractivity contribution in [2.45, 2.75) is 43.0 Å². The minimum absolute atomic E-state index is 0.150. The Morgan fingerprint density at radius 2 is 2.06 bits per heavy atom. The maximum atomic E-state index is 6.02. The minimum Gasteiger partial charge on any atom is -0.381 e. The molecule has 1 unspecified atom stereocenters. The molecule has 0 amide bonds. The molecule has 0 aromatic rings. The van der Waals surface area contributed by atoms with Crippen molar-refractivity contribution in [2.24, 2.45) is 5.73 Å². The van der Waals surface area contributed by atoms with Crippen molar-refractivity contribution in [3.63, 3.8) is 0 Å². The molecule has 2 fully saturated rings. The van der Waals surface area contributed by atoms with E-state index in [1.807, 2.05) is 0 Å². The summed E-state index contributed by atoms with van der Waals surface area (Å²) in [7, 11) is 0. The third-order valence-corrected chi connectivity index (χ3v) is 4.95. The Morgan fingerprint density at radius 1 is 1.25 bits per heavy atom. The van der Waals surface area contributed by atoms with Gasteiger partial charge in [-0.15, -0.1) is 0 Å². The third kappa shape index (κ3) is 3.36. The Kier molecular flexibility index (Phi) is 4.95. The summed E-state index contributed by atoms with van der Waals surface area (Å²) in [6.07, 6.45) is 5.73. The summed E-state index contributed by atoms with van der Waals surface area (Å²) in [5.74, 6) is 1.20. The van der Waals surface area contributed by atoms with Crippen LogP contribution in [0.2, 0.25) is 0 Å². The van der Waals surface area contributed by atoms with Crippen LogP contribution >= 0.6 is 11.8 Å². The maximum Gasteiger partial charge on any atom is 0.0736 e. The first kappa shape index (κ1) is 12.7. The second-order valence-corrected chi connectivity index (χ2v) is 6.18. The van der Waals surface area contributed by atoms with E-state index < -0.39 is 0 Å². The van der Waals surface area contributed by atoms with Gasteiger partial charge in [0.15, 0.2) is 0 Å². The molecule has 16 heavy (non-hydrogen) atoms. The lowest BCUT2D eigenvalue weighted by Crippen LogP contribution is -2.45. The Labute approximate surface area is 102 Å². The summed E-state index contributed by atoms with van der Waals surface area (Å²) in [4.78, 5) is 0. The van der Waals surface area contributed by atoms with Crippen molar-refractivity contribution in [1.29, 1.82) is 0 Å². The predicted molar refractivity (Wildman–Crippen MR) is 67.9 cm³/mol. The third-order valence-electron chi connectivity index (χ3n) is 3.55. The lowest BCUT2D eigenvalue weighted by Gasteiger charge is -2.43. The van der Waals surface area contributed by atoms with Crippen LogP contribution in [0.5, 0.6) is 0 Å². The normalized spacial score (nSPS) is 29.4. The van der Waals surface area contributed by atoms with Crippen LogP contribution in [0.15, 0.2) is 0 Å². The standard InChI is InChI=1S/C12H23NO2S/c13-5-1-9-16-11-2-6-15-12(10-11)3-7-14-8-4-12/h11H,1-10,13H2. The first-order chi connectivity index (χ1) is 7.85. The van der Waals surface area contributed by atoms with Crippen molar-refractivity contribution in [2.75, 3.05) is 32.1 Å². The summed E-state index contributed by atoms with van der Waals surface area (Å²) < 4.78 is 11.5. The average molecular weight is 245 g/mol. The molecule has 2 aliphatic heterocycles. The molecule has 2 rings (SSSR count). The van der Waals surface area contributed by atoms with Crippen LogP contribution in [0, 0.1) is 0 Å². The molecule has 94 valence electrons. The smallest absolute Gasteiger partial charge is 0.0736 e. The van der Waals surface area contributed by atoms with Crippen LogP contribution in [0.25, 0.3) is 0 Å². The first-order valence-corrected chi connectivity index (χ1v) is 7.43. The lowest BCUT2D eigenvalue weighted by atomic mass is 9.86. The summed E-state index contributed by atoms with van der Waals surface area (Å²) in [6.45, 7) is 3.50. The summed E-state index contributed by atoms with van der Waals surface area (Å²) in [5.41, 5.74) is 5.68. The number of ether oxygens (including phenoxy) is 2. The molecular formula is C12H23NO2S. The van der Waals surface area contributed by atoms with E-state index in [0.717, 1.165) is 50.9 Å². The second kappa shape index (κ2) is 6.24. The molecule has 0 bridgehead atoms. The zero-order chi connectivity index (χ0) is 11.3. The Morgan fingerprint density at radius 3 is 2.81 bits per heavy atom. The Balaban J connectivity index is 1.78. The van der Waals surface area contributed by atoms with Crippen molar-refractivity contribution >= 4 is 11.8 Å². The molecule has 0 saturated carbocycles. The highest BCUT2D eigenvalue weighted by Gasteiger charge is 2.38. The number of hydrogen-bond acceptors (Lipinski definition) is 4. The molecule has 0 aromatic heterocycles. The van der Waals surface area contributed by atoms with Gasteiger partial charge in [0.25, 0.3) is 0 Å². The highest BCUT2D eigenvalue weighted by Crippen LogP contribution is 2.38. The molecule has 0 aromatic carbocycles. The summed E-state index contributed by atoms with van der Waals surface area (Å²) in [5, 5.41) is 0.776. The number of hydrogen-bond donors (Lipinski definition) is 1. The van der Waals surface area contributed by atoms with E-state index in [0.29, 0.717) is 0 Å². The van der Waals surface area contributed by atoms with E-state index in [1.165, 1.54) is 18.6 Å². The van der Waals surface area contributed by atoms with E-state index in [4.69, 9.17) is 15.2 Å². The zero-order valence-corrected chi connectivity index (χ0v) is 10.8. The lowest BCUT2D eigenvalue weighted by molar-refractivity contribution is -0.131. The van der Waals surface area contributed by atoms with Gasteiger partial charge >= 0.3 is 0 Å². The van der Waals surface area contributed by atoms with Gasteiger partial charge in [-0.2, -0.15) is 11.8 Å². The Hall–Kier alpha value is 0.230. The zero-order valence-electron chi connectivity index (χ0n) is 9.95. The molecule has 2 heterocycles. The van der Waals surface area contributed by atoms with Gasteiger partial charge in [0.2, 0.25) is 0 Å². The fourth-order valence-corrected chi connectivity index (χ4v) is 3.90. The first-order valence-electron chi connectivity index (χ1n) is 6.38. The van der Waals surface area contributed by atoms with Crippen molar-refractivity contribution in [1.82, 2.24) is 0 Å². The van der Waals surface area contributed by atoms with E-state index in [-0.39, 0.29) is 5.60 Å². The van der Waals surface area contributed by atoms with Crippen LogP contribution < -0.4 is 5.73 Å². The second-order valence-electron chi connectivity index (χ2n) is 4.77. The van der Waals surface area contributed by atoms with Crippen molar-refractivity contribution in [3.8, 4) is 0 Å². The molecule has 0 aliphatic carbocycles. The van der Waals surface area contributed by atoms with Crippen molar-refractivity contribution < 1.29 is 9.47 Å². The van der Waals surface area contributed by atoms with E-state index in [1.54, 1.807) is 0 Å². The molecule has 1 spiro atoms. The van der Waals surface area contributed by atoms with Gasteiger partial charge in [-0.1, -0.05) is 0 Å². The maximum absolute atomic E-state index is 6.02. The Bertz CT molecular complexity index is 202. The highest BCUT2D eigenvalue weighted by molar-refractivity contribution is 7.99. The monoisotopic (exact) mass is 245 g/mol. The van der Waals surface area contributed by atoms with E-state index in [9.17, 15) is 0 Å². The molecule has 4 heteroatoms. The van der Waals surface area contributed by atoms with Gasteiger partial charge in [0.1, 0.15) is 0 Å². The molecule has 2 N–H and O–H groups in total. The fourth-order valence-electron chi connectivity index (χ4n) is 2.55. The van der Waals surface area contributed by atoms with Gasteiger partial charge in [-0.3, -0.25) is 0 Å². The molecule has 0 radical (unpaired) electrons. The minimum atomic E-state index is 0.150. The molecule has 2 saturated heterocycles. The topological polar surface area (TPSA) is 44.5 Å². The summed E-state index contributed by atoms with van der Waals surface area (Å²) >= 11 is 2.09. The molecule has 2 aliphatic rings. The van der Waals surface area contributed by atoms with Crippen LogP contribution in [-0.4, -0.2) is 43.0 Å². The van der Waals surface area contributed by atoms with Gasteiger partial charge in [0, 0.05) is 25.1 Å². The van der Waals surface area contributed by atoms with Gasteiger partial charge in [-0.25, -0.2) is 0 Å². The number of thioether (sulfide) groups is 1. The summed E-state index contributed by atoms with van der Waals surface area (Å²) in [6, 6.07) is 0. The number of nitrogens with two attached hydrogens (primary N) is 1. The predicted octanol–water partition coefficient (Wildman–Crippen LogP) is 1.80.